The summed E-state index contributed by atoms with van der Waals surface area (Å²) in [5.74, 6) is -0.450. The van der Waals surface area contributed by atoms with Gasteiger partial charge in [-0.2, -0.15) is 0 Å². The minimum atomic E-state index is -0.450. The Balaban J connectivity index is 2.57. The van der Waals surface area contributed by atoms with Gasteiger partial charge in [0.25, 0.3) is 0 Å². The highest BCUT2D eigenvalue weighted by Crippen LogP contribution is 2.53. The molecule has 76 valence electrons. The summed E-state index contributed by atoms with van der Waals surface area (Å²) in [5.41, 5.74) is 0.138. The number of rotatable bonds is 2. The number of ether oxygens (including phenoxy) is 1. The van der Waals surface area contributed by atoms with Gasteiger partial charge in [-0.15, -0.1) is 0 Å². The number of methoxy groups -OCH3 is 1. The van der Waals surface area contributed by atoms with Gasteiger partial charge in [0.15, 0.2) is 0 Å². The van der Waals surface area contributed by atoms with E-state index >= 15 is 0 Å². The molecule has 0 amide bonds. The van der Waals surface area contributed by atoms with Gasteiger partial charge in [0, 0.05) is 17.7 Å². The first-order valence-electron chi connectivity index (χ1n) is 4.30. The third-order valence-electron chi connectivity index (χ3n) is 2.59. The van der Waals surface area contributed by atoms with Gasteiger partial charge in [0.05, 0.1) is 10.6 Å². The maximum absolute atomic E-state index is 13.2. The van der Waals surface area contributed by atoms with Gasteiger partial charge in [0.2, 0.25) is 0 Å². The van der Waals surface area contributed by atoms with Crippen molar-refractivity contribution in [2.24, 2.45) is 0 Å². The average molecular weight is 235 g/mol. The second-order valence-corrected chi connectivity index (χ2v) is 4.20. The fourth-order valence-corrected chi connectivity index (χ4v) is 2.33. The Bertz CT molecular complexity index is 375. The van der Waals surface area contributed by atoms with Crippen molar-refractivity contribution in [2.45, 2.75) is 18.4 Å². The SMILES string of the molecule is COC1(c2c(Cl)ccc(F)c2Cl)CC1. The lowest BCUT2D eigenvalue weighted by atomic mass is 10.1. The van der Waals surface area contributed by atoms with E-state index in [4.69, 9.17) is 27.9 Å². The summed E-state index contributed by atoms with van der Waals surface area (Å²) in [6.45, 7) is 0. The van der Waals surface area contributed by atoms with Gasteiger partial charge in [-0.05, 0) is 25.0 Å². The van der Waals surface area contributed by atoms with Crippen LogP contribution in [0.1, 0.15) is 18.4 Å². The van der Waals surface area contributed by atoms with Crippen molar-refractivity contribution < 1.29 is 9.13 Å². The highest BCUT2D eigenvalue weighted by Gasteiger charge is 2.48. The van der Waals surface area contributed by atoms with Crippen LogP contribution in [0.4, 0.5) is 4.39 Å². The quantitative estimate of drug-likeness (QED) is 0.709. The molecule has 0 saturated heterocycles. The largest absolute Gasteiger partial charge is 0.373 e. The van der Waals surface area contributed by atoms with Crippen LogP contribution in [-0.4, -0.2) is 7.11 Å². The van der Waals surface area contributed by atoms with Crippen LogP contribution in [0.15, 0.2) is 12.1 Å². The first-order valence-corrected chi connectivity index (χ1v) is 5.05. The molecule has 2 rings (SSSR count). The summed E-state index contributed by atoms with van der Waals surface area (Å²) >= 11 is 11.8. The van der Waals surface area contributed by atoms with Gasteiger partial charge in [-0.25, -0.2) is 4.39 Å². The van der Waals surface area contributed by atoms with Crippen LogP contribution >= 0.6 is 23.2 Å². The van der Waals surface area contributed by atoms with Crippen LogP contribution in [0.3, 0.4) is 0 Å². The average Bonchev–Trinajstić information content (AvgIpc) is 2.93. The van der Waals surface area contributed by atoms with E-state index in [2.05, 4.69) is 0 Å². The molecule has 0 heterocycles. The van der Waals surface area contributed by atoms with E-state index in [0.29, 0.717) is 10.6 Å². The van der Waals surface area contributed by atoms with Crippen molar-refractivity contribution >= 4 is 23.2 Å². The third-order valence-corrected chi connectivity index (χ3v) is 3.28. The zero-order valence-electron chi connectivity index (χ0n) is 7.61. The van der Waals surface area contributed by atoms with Gasteiger partial charge in [-0.3, -0.25) is 0 Å². The summed E-state index contributed by atoms with van der Waals surface area (Å²) in [5, 5.41) is 0.549. The molecule has 0 N–H and O–H groups in total. The maximum Gasteiger partial charge on any atom is 0.142 e. The first-order chi connectivity index (χ1) is 6.60. The lowest BCUT2D eigenvalue weighted by Gasteiger charge is -2.17. The monoisotopic (exact) mass is 234 g/mol. The molecule has 0 spiro atoms. The predicted molar refractivity (Wildman–Crippen MR) is 54.3 cm³/mol. The Hall–Kier alpha value is -0.310. The Morgan fingerprint density at radius 2 is 2.00 bits per heavy atom. The Labute approximate surface area is 91.8 Å². The lowest BCUT2D eigenvalue weighted by Crippen LogP contribution is -2.11. The molecule has 0 unspecified atom stereocenters. The Morgan fingerprint density at radius 1 is 1.36 bits per heavy atom. The maximum atomic E-state index is 13.2. The molecular formula is C10H9Cl2FO. The fourth-order valence-electron chi connectivity index (χ4n) is 1.61. The van der Waals surface area contributed by atoms with Crippen molar-refractivity contribution in [1.29, 1.82) is 0 Å². The standard InChI is InChI=1S/C10H9Cl2FO/c1-14-10(4-5-10)8-6(11)2-3-7(13)9(8)12/h2-3H,4-5H2,1H3. The fraction of sp³-hybridized carbons (Fsp3) is 0.400. The van der Waals surface area contributed by atoms with E-state index in [1.807, 2.05) is 0 Å². The molecule has 1 aromatic rings. The molecule has 14 heavy (non-hydrogen) atoms. The second-order valence-electron chi connectivity index (χ2n) is 3.42. The van der Waals surface area contributed by atoms with Crippen LogP contribution in [0.25, 0.3) is 0 Å². The van der Waals surface area contributed by atoms with E-state index in [1.54, 1.807) is 7.11 Å². The molecule has 1 fully saturated rings. The van der Waals surface area contributed by atoms with Gasteiger partial charge < -0.3 is 4.74 Å². The molecule has 0 aliphatic heterocycles. The molecule has 1 aliphatic carbocycles. The molecule has 0 radical (unpaired) electrons. The molecule has 1 saturated carbocycles. The van der Waals surface area contributed by atoms with E-state index in [9.17, 15) is 4.39 Å². The summed E-state index contributed by atoms with van der Waals surface area (Å²) in [6.07, 6.45) is 1.68. The minimum Gasteiger partial charge on any atom is -0.373 e. The van der Waals surface area contributed by atoms with Crippen molar-refractivity contribution in [2.75, 3.05) is 7.11 Å². The van der Waals surface area contributed by atoms with Crippen molar-refractivity contribution in [3.8, 4) is 0 Å². The number of benzene rings is 1. The van der Waals surface area contributed by atoms with Crippen LogP contribution < -0.4 is 0 Å². The van der Waals surface area contributed by atoms with E-state index < -0.39 is 11.4 Å². The summed E-state index contributed by atoms with van der Waals surface area (Å²) < 4.78 is 18.5. The summed E-state index contributed by atoms with van der Waals surface area (Å²) in [4.78, 5) is 0. The summed E-state index contributed by atoms with van der Waals surface area (Å²) in [6, 6.07) is 2.77. The molecule has 1 nitrogen and oxygen atoms in total. The van der Waals surface area contributed by atoms with Crippen LogP contribution in [0.2, 0.25) is 10.0 Å². The molecule has 0 aromatic heterocycles. The second kappa shape index (κ2) is 3.37. The molecule has 0 atom stereocenters. The van der Waals surface area contributed by atoms with Crippen molar-refractivity contribution in [3.63, 3.8) is 0 Å². The molecular weight excluding hydrogens is 226 g/mol. The van der Waals surface area contributed by atoms with E-state index in [1.165, 1.54) is 12.1 Å². The van der Waals surface area contributed by atoms with Crippen molar-refractivity contribution in [3.05, 3.63) is 33.6 Å². The van der Waals surface area contributed by atoms with Crippen molar-refractivity contribution in [1.82, 2.24) is 0 Å². The highest BCUT2D eigenvalue weighted by molar-refractivity contribution is 6.36. The minimum absolute atomic E-state index is 0.0804. The highest BCUT2D eigenvalue weighted by atomic mass is 35.5. The van der Waals surface area contributed by atoms with Crippen LogP contribution in [0.5, 0.6) is 0 Å². The lowest BCUT2D eigenvalue weighted by molar-refractivity contribution is 0.0788. The van der Waals surface area contributed by atoms with Gasteiger partial charge >= 0.3 is 0 Å². The number of halogens is 3. The first kappa shape index (κ1) is 10.2. The van der Waals surface area contributed by atoms with Crippen LogP contribution in [-0.2, 0) is 10.3 Å². The predicted octanol–water partition coefficient (Wildman–Crippen LogP) is 3.77. The zero-order valence-corrected chi connectivity index (χ0v) is 9.12. The molecule has 1 aliphatic rings. The van der Waals surface area contributed by atoms with E-state index in [-0.39, 0.29) is 5.02 Å². The summed E-state index contributed by atoms with van der Waals surface area (Å²) in [7, 11) is 1.59. The Kier molecular flexibility index (Phi) is 2.46. The van der Waals surface area contributed by atoms with Gasteiger partial charge in [-0.1, -0.05) is 23.2 Å². The molecule has 4 heteroatoms. The van der Waals surface area contributed by atoms with Gasteiger partial charge in [0.1, 0.15) is 5.82 Å². The normalized spacial score (nSPS) is 18.3. The zero-order chi connectivity index (χ0) is 10.3. The topological polar surface area (TPSA) is 9.23 Å². The third kappa shape index (κ3) is 1.42. The Morgan fingerprint density at radius 3 is 2.50 bits per heavy atom. The molecule has 0 bridgehead atoms. The number of hydrogen-bond donors (Lipinski definition) is 0. The van der Waals surface area contributed by atoms with Crippen LogP contribution in [0, 0.1) is 5.82 Å². The number of hydrogen-bond acceptors (Lipinski definition) is 1. The van der Waals surface area contributed by atoms with E-state index in [0.717, 1.165) is 12.8 Å². The smallest absolute Gasteiger partial charge is 0.142 e. The molecule has 1 aromatic carbocycles.